The van der Waals surface area contributed by atoms with Crippen LogP contribution in [0.15, 0.2) is 29.6 Å². The highest BCUT2D eigenvalue weighted by Crippen LogP contribution is 1.93. The Kier molecular flexibility index (Phi) is 3.84. The predicted molar refractivity (Wildman–Crippen MR) is 56.4 cm³/mol. The summed E-state index contributed by atoms with van der Waals surface area (Å²) in [6.07, 6.45) is 5.92. The molecule has 0 fully saturated rings. The van der Waals surface area contributed by atoms with Gasteiger partial charge >= 0.3 is 0 Å². The lowest BCUT2D eigenvalue weighted by Gasteiger charge is -1.94. The van der Waals surface area contributed by atoms with Crippen LogP contribution >= 0.6 is 12.2 Å². The minimum absolute atomic E-state index is 0.169. The fraction of sp³-hybridized carbons (Fsp3) is 0.125. The van der Waals surface area contributed by atoms with Gasteiger partial charge in [0.1, 0.15) is 0 Å². The summed E-state index contributed by atoms with van der Waals surface area (Å²) < 4.78 is 0. The number of aromatic nitrogens is 1. The molecule has 13 heavy (non-hydrogen) atoms. The molecule has 1 rings (SSSR count). The summed E-state index contributed by atoms with van der Waals surface area (Å²) in [5.41, 5.74) is 8.73. The second-order valence-corrected chi connectivity index (χ2v) is 2.79. The summed E-state index contributed by atoms with van der Waals surface area (Å²) in [5.74, 6) is 0. The Hall–Kier alpha value is -1.49. The fourth-order valence-electron chi connectivity index (χ4n) is 0.779. The second-order valence-electron chi connectivity index (χ2n) is 2.35. The van der Waals surface area contributed by atoms with Crippen LogP contribution in [0, 0.1) is 0 Å². The van der Waals surface area contributed by atoms with E-state index in [-0.39, 0.29) is 5.11 Å². The van der Waals surface area contributed by atoms with Crippen LogP contribution in [0.5, 0.6) is 0 Å². The molecule has 0 spiro atoms. The number of hydrogen-bond donors (Lipinski definition) is 2. The van der Waals surface area contributed by atoms with Gasteiger partial charge in [-0.2, -0.15) is 5.10 Å². The number of pyridine rings is 1. The summed E-state index contributed by atoms with van der Waals surface area (Å²) in [6.45, 7) is 0. The van der Waals surface area contributed by atoms with Crippen molar-refractivity contribution in [1.29, 1.82) is 0 Å². The standard InChI is InChI=1S/C8H10N4S/c9-8(13)12-11-5-3-7-2-1-4-10-6-7/h1-2,4-6H,3H2,(H3,9,12,13)/b11-5+. The molecule has 1 aromatic rings. The van der Waals surface area contributed by atoms with Crippen molar-refractivity contribution in [3.8, 4) is 0 Å². The molecule has 4 nitrogen and oxygen atoms in total. The average Bonchev–Trinajstić information content (AvgIpc) is 2.14. The van der Waals surface area contributed by atoms with Gasteiger partial charge < -0.3 is 5.73 Å². The third kappa shape index (κ3) is 4.17. The maximum atomic E-state index is 5.17. The van der Waals surface area contributed by atoms with E-state index in [1.807, 2.05) is 12.1 Å². The Labute approximate surface area is 81.9 Å². The van der Waals surface area contributed by atoms with Crippen LogP contribution in [0.1, 0.15) is 5.56 Å². The van der Waals surface area contributed by atoms with Gasteiger partial charge in [0.05, 0.1) is 0 Å². The van der Waals surface area contributed by atoms with E-state index in [1.54, 1.807) is 18.6 Å². The van der Waals surface area contributed by atoms with Crippen molar-refractivity contribution in [3.05, 3.63) is 30.1 Å². The maximum absolute atomic E-state index is 5.17. The topological polar surface area (TPSA) is 63.3 Å². The van der Waals surface area contributed by atoms with Gasteiger partial charge in [-0.1, -0.05) is 6.07 Å². The summed E-state index contributed by atoms with van der Waals surface area (Å²) >= 11 is 4.57. The van der Waals surface area contributed by atoms with Crippen LogP contribution in [-0.4, -0.2) is 16.3 Å². The first-order chi connectivity index (χ1) is 6.29. The molecule has 0 bridgehead atoms. The van der Waals surface area contributed by atoms with E-state index < -0.39 is 0 Å². The number of thiocarbonyl (C=S) groups is 1. The highest BCUT2D eigenvalue weighted by molar-refractivity contribution is 7.80. The van der Waals surface area contributed by atoms with Crippen LogP contribution in [0.25, 0.3) is 0 Å². The first-order valence-corrected chi connectivity index (χ1v) is 4.16. The van der Waals surface area contributed by atoms with Crippen molar-refractivity contribution in [2.24, 2.45) is 10.8 Å². The first-order valence-electron chi connectivity index (χ1n) is 3.75. The number of nitrogens with one attached hydrogen (secondary N) is 1. The number of hydrogen-bond acceptors (Lipinski definition) is 3. The average molecular weight is 194 g/mol. The third-order valence-electron chi connectivity index (χ3n) is 1.32. The number of hydrazone groups is 1. The van der Waals surface area contributed by atoms with Crippen molar-refractivity contribution < 1.29 is 0 Å². The number of nitrogens with two attached hydrogens (primary N) is 1. The maximum Gasteiger partial charge on any atom is 0.184 e. The Bertz CT molecular complexity index is 296. The van der Waals surface area contributed by atoms with Gasteiger partial charge in [0.25, 0.3) is 0 Å². The highest BCUT2D eigenvalue weighted by atomic mass is 32.1. The zero-order valence-corrected chi connectivity index (χ0v) is 7.79. The number of rotatable bonds is 3. The largest absolute Gasteiger partial charge is 0.375 e. The van der Waals surface area contributed by atoms with E-state index in [9.17, 15) is 0 Å². The molecule has 0 atom stereocenters. The van der Waals surface area contributed by atoms with Gasteiger partial charge in [-0.3, -0.25) is 10.4 Å². The van der Waals surface area contributed by atoms with Crippen molar-refractivity contribution in [1.82, 2.24) is 10.4 Å². The van der Waals surface area contributed by atoms with E-state index in [1.165, 1.54) is 0 Å². The lowest BCUT2D eigenvalue weighted by molar-refractivity contribution is 1.03. The first kappa shape index (κ1) is 9.60. The SMILES string of the molecule is NC(=S)N/N=C/Cc1cccnc1. The van der Waals surface area contributed by atoms with E-state index in [0.29, 0.717) is 6.42 Å². The molecule has 0 radical (unpaired) electrons. The van der Waals surface area contributed by atoms with Crippen molar-refractivity contribution in [2.45, 2.75) is 6.42 Å². The van der Waals surface area contributed by atoms with Gasteiger partial charge in [0, 0.05) is 25.0 Å². The molecule has 1 heterocycles. The van der Waals surface area contributed by atoms with Crippen molar-refractivity contribution >= 4 is 23.5 Å². The second kappa shape index (κ2) is 5.21. The Morgan fingerprint density at radius 1 is 1.77 bits per heavy atom. The van der Waals surface area contributed by atoms with Crippen LogP contribution in [0.2, 0.25) is 0 Å². The molecule has 0 saturated carbocycles. The summed E-state index contributed by atoms with van der Waals surface area (Å²) in [5, 5.41) is 3.97. The molecular weight excluding hydrogens is 184 g/mol. The van der Waals surface area contributed by atoms with Gasteiger partial charge in [0.15, 0.2) is 5.11 Å². The van der Waals surface area contributed by atoms with E-state index in [2.05, 4.69) is 27.7 Å². The van der Waals surface area contributed by atoms with Crippen LogP contribution < -0.4 is 11.2 Å². The van der Waals surface area contributed by atoms with Gasteiger partial charge in [-0.25, -0.2) is 0 Å². The summed E-state index contributed by atoms with van der Waals surface area (Å²) in [6, 6.07) is 3.85. The third-order valence-corrected chi connectivity index (χ3v) is 1.41. The molecule has 0 unspecified atom stereocenters. The lowest BCUT2D eigenvalue weighted by Crippen LogP contribution is -2.24. The zero-order valence-electron chi connectivity index (χ0n) is 6.97. The van der Waals surface area contributed by atoms with Crippen LogP contribution in [-0.2, 0) is 6.42 Å². The molecule has 0 aliphatic carbocycles. The molecule has 5 heteroatoms. The van der Waals surface area contributed by atoms with Crippen LogP contribution in [0.3, 0.4) is 0 Å². The molecule has 0 aliphatic rings. The highest BCUT2D eigenvalue weighted by Gasteiger charge is 1.86. The van der Waals surface area contributed by atoms with Crippen molar-refractivity contribution in [3.63, 3.8) is 0 Å². The quantitative estimate of drug-likeness (QED) is 0.416. The van der Waals surface area contributed by atoms with Gasteiger partial charge in [-0.05, 0) is 23.8 Å². The molecule has 0 aromatic carbocycles. The fourth-order valence-corrected chi connectivity index (χ4v) is 0.832. The molecule has 1 aromatic heterocycles. The van der Waals surface area contributed by atoms with E-state index in [0.717, 1.165) is 5.56 Å². The van der Waals surface area contributed by atoms with E-state index >= 15 is 0 Å². The minimum atomic E-state index is 0.169. The van der Waals surface area contributed by atoms with E-state index in [4.69, 9.17) is 5.73 Å². The number of nitrogens with zero attached hydrogens (tertiary/aromatic N) is 2. The van der Waals surface area contributed by atoms with Crippen molar-refractivity contribution in [2.75, 3.05) is 0 Å². The van der Waals surface area contributed by atoms with Gasteiger partial charge in [-0.15, -0.1) is 0 Å². The monoisotopic (exact) mass is 194 g/mol. The predicted octanol–water partition coefficient (Wildman–Crippen LogP) is 0.443. The normalized spacial score (nSPS) is 10.2. The zero-order chi connectivity index (χ0) is 9.52. The molecule has 0 aliphatic heterocycles. The molecular formula is C8H10N4S. The summed E-state index contributed by atoms with van der Waals surface area (Å²) in [7, 11) is 0. The Morgan fingerprint density at radius 3 is 3.23 bits per heavy atom. The smallest absolute Gasteiger partial charge is 0.184 e. The van der Waals surface area contributed by atoms with Crippen LogP contribution in [0.4, 0.5) is 0 Å². The lowest BCUT2D eigenvalue weighted by atomic mass is 10.2. The molecule has 68 valence electrons. The molecule has 0 amide bonds. The Balaban J connectivity index is 2.35. The summed E-state index contributed by atoms with van der Waals surface area (Å²) in [4.78, 5) is 3.97. The minimum Gasteiger partial charge on any atom is -0.375 e. The van der Waals surface area contributed by atoms with Gasteiger partial charge in [0.2, 0.25) is 0 Å². The Morgan fingerprint density at radius 2 is 2.62 bits per heavy atom. The molecule has 3 N–H and O–H groups in total. The molecule has 0 saturated heterocycles.